The number of aromatic nitrogens is 1. The van der Waals surface area contributed by atoms with Gasteiger partial charge in [0.05, 0.1) is 0 Å². The van der Waals surface area contributed by atoms with Crippen molar-refractivity contribution in [1.82, 2.24) is 15.2 Å². The Labute approximate surface area is 135 Å². The third-order valence-electron chi connectivity index (χ3n) is 4.42. The molecule has 0 radical (unpaired) electrons. The van der Waals surface area contributed by atoms with Crippen molar-refractivity contribution in [2.75, 3.05) is 25.0 Å². The summed E-state index contributed by atoms with van der Waals surface area (Å²) >= 11 is 0. The normalized spacial score (nSPS) is 18.2. The summed E-state index contributed by atoms with van der Waals surface area (Å²) in [5.74, 6) is -1.21. The maximum Gasteiger partial charge on any atom is 0.313 e. The lowest BCUT2D eigenvalue weighted by Crippen LogP contribution is -2.43. The highest BCUT2D eigenvalue weighted by Gasteiger charge is 2.24. The van der Waals surface area contributed by atoms with E-state index in [1.807, 2.05) is 24.4 Å². The molecular weight excluding hydrogens is 292 g/mol. The summed E-state index contributed by atoms with van der Waals surface area (Å²) in [6.45, 7) is 4.68. The lowest BCUT2D eigenvalue weighted by Gasteiger charge is -2.22. The predicted octanol–water partition coefficient (Wildman–Crippen LogP) is 1.71. The molecule has 0 aliphatic carbocycles. The number of nitrogens with one attached hydrogen (secondary N) is 3. The average molecular weight is 314 g/mol. The number of anilines is 1. The van der Waals surface area contributed by atoms with Gasteiger partial charge in [0.25, 0.3) is 0 Å². The molecule has 2 amide bonds. The Balaban J connectivity index is 1.53. The fraction of sp³-hybridized carbons (Fsp3) is 0.412. The number of likely N-dealkylation sites (tertiary alicyclic amines) is 1. The number of H-pyrrole nitrogens is 1. The topological polar surface area (TPSA) is 77.2 Å². The van der Waals surface area contributed by atoms with E-state index in [1.54, 1.807) is 6.07 Å². The van der Waals surface area contributed by atoms with Crippen molar-refractivity contribution in [3.63, 3.8) is 0 Å². The largest absolute Gasteiger partial charge is 0.361 e. The van der Waals surface area contributed by atoms with Crippen LogP contribution in [0.15, 0.2) is 30.5 Å². The summed E-state index contributed by atoms with van der Waals surface area (Å²) in [6, 6.07) is 7.80. The predicted molar refractivity (Wildman–Crippen MR) is 90.2 cm³/mol. The molecule has 122 valence electrons. The Morgan fingerprint density at radius 3 is 3.00 bits per heavy atom. The fourth-order valence-electron chi connectivity index (χ4n) is 3.15. The van der Waals surface area contributed by atoms with Gasteiger partial charge in [-0.05, 0) is 49.5 Å². The van der Waals surface area contributed by atoms with Crippen molar-refractivity contribution < 1.29 is 9.59 Å². The standard InChI is InChI=1S/C17H22N4O2/c1-2-21-9-3-4-14(21)11-19-16(22)17(23)20-13-6-5-12-7-8-18-15(12)10-13/h5-8,10,14,18H,2-4,9,11H2,1H3,(H,19,22)(H,20,23). The number of fused-ring (bicyclic) bond motifs is 1. The highest BCUT2D eigenvalue weighted by atomic mass is 16.2. The maximum absolute atomic E-state index is 12.0. The van der Waals surface area contributed by atoms with E-state index in [2.05, 4.69) is 27.4 Å². The van der Waals surface area contributed by atoms with Gasteiger partial charge in [0.1, 0.15) is 0 Å². The minimum Gasteiger partial charge on any atom is -0.361 e. The zero-order valence-corrected chi connectivity index (χ0v) is 13.3. The molecule has 1 unspecified atom stereocenters. The van der Waals surface area contributed by atoms with Crippen LogP contribution < -0.4 is 10.6 Å². The Bertz CT molecular complexity index is 709. The number of benzene rings is 1. The smallest absolute Gasteiger partial charge is 0.313 e. The second kappa shape index (κ2) is 6.83. The Hall–Kier alpha value is -2.34. The minimum atomic E-state index is -0.628. The summed E-state index contributed by atoms with van der Waals surface area (Å²) in [5, 5.41) is 6.44. The van der Waals surface area contributed by atoms with Crippen LogP contribution in [0, 0.1) is 0 Å². The Morgan fingerprint density at radius 1 is 1.30 bits per heavy atom. The van der Waals surface area contributed by atoms with E-state index >= 15 is 0 Å². The zero-order chi connectivity index (χ0) is 16.2. The summed E-state index contributed by atoms with van der Waals surface area (Å²) in [5.41, 5.74) is 1.53. The zero-order valence-electron chi connectivity index (χ0n) is 13.3. The summed E-state index contributed by atoms with van der Waals surface area (Å²) in [7, 11) is 0. The van der Waals surface area contributed by atoms with Crippen molar-refractivity contribution in [3.05, 3.63) is 30.5 Å². The van der Waals surface area contributed by atoms with Crippen molar-refractivity contribution in [2.45, 2.75) is 25.8 Å². The van der Waals surface area contributed by atoms with Crippen LogP contribution in [0.5, 0.6) is 0 Å². The van der Waals surface area contributed by atoms with E-state index in [0.717, 1.165) is 36.8 Å². The number of rotatable bonds is 4. The van der Waals surface area contributed by atoms with E-state index in [-0.39, 0.29) is 0 Å². The first-order chi connectivity index (χ1) is 11.2. The summed E-state index contributed by atoms with van der Waals surface area (Å²) < 4.78 is 0. The van der Waals surface area contributed by atoms with E-state index in [4.69, 9.17) is 0 Å². The molecule has 1 aliphatic heterocycles. The molecule has 2 aromatic rings. The number of nitrogens with zero attached hydrogens (tertiary/aromatic N) is 1. The monoisotopic (exact) mass is 314 g/mol. The van der Waals surface area contributed by atoms with Gasteiger partial charge in [-0.25, -0.2) is 0 Å². The second-order valence-corrected chi connectivity index (χ2v) is 5.87. The average Bonchev–Trinajstić information content (AvgIpc) is 3.20. The SMILES string of the molecule is CCN1CCCC1CNC(=O)C(=O)Nc1ccc2cc[nH]c2c1. The van der Waals surface area contributed by atoms with Gasteiger partial charge in [-0.2, -0.15) is 0 Å². The second-order valence-electron chi connectivity index (χ2n) is 5.87. The molecule has 0 spiro atoms. The van der Waals surface area contributed by atoms with Gasteiger partial charge in [-0.3, -0.25) is 14.5 Å². The summed E-state index contributed by atoms with van der Waals surface area (Å²) in [6.07, 6.45) is 4.06. The van der Waals surface area contributed by atoms with Crippen LogP contribution in [-0.4, -0.2) is 47.4 Å². The molecule has 1 aromatic heterocycles. The van der Waals surface area contributed by atoms with Crippen LogP contribution in [0.3, 0.4) is 0 Å². The number of aromatic amines is 1. The van der Waals surface area contributed by atoms with E-state index in [1.165, 1.54) is 0 Å². The van der Waals surface area contributed by atoms with Crippen LogP contribution in [-0.2, 0) is 9.59 Å². The number of hydrogen-bond donors (Lipinski definition) is 3. The molecule has 3 rings (SSSR count). The first-order valence-corrected chi connectivity index (χ1v) is 8.07. The third kappa shape index (κ3) is 3.53. The van der Waals surface area contributed by atoms with Gasteiger partial charge in [0.2, 0.25) is 0 Å². The molecule has 1 fully saturated rings. The van der Waals surface area contributed by atoms with Crippen molar-refractivity contribution in [2.24, 2.45) is 0 Å². The highest BCUT2D eigenvalue weighted by molar-refractivity contribution is 6.39. The van der Waals surface area contributed by atoms with Crippen LogP contribution in [0.25, 0.3) is 10.9 Å². The molecule has 1 aromatic carbocycles. The lowest BCUT2D eigenvalue weighted by atomic mass is 10.2. The molecule has 6 nitrogen and oxygen atoms in total. The van der Waals surface area contributed by atoms with Gasteiger partial charge < -0.3 is 15.6 Å². The molecular formula is C17H22N4O2. The molecule has 1 saturated heterocycles. The molecule has 1 aliphatic rings. The molecule has 6 heteroatoms. The number of amides is 2. The Morgan fingerprint density at radius 2 is 2.17 bits per heavy atom. The van der Waals surface area contributed by atoms with Crippen LogP contribution in [0.2, 0.25) is 0 Å². The van der Waals surface area contributed by atoms with Gasteiger partial charge >= 0.3 is 11.8 Å². The third-order valence-corrected chi connectivity index (χ3v) is 4.42. The van der Waals surface area contributed by atoms with Crippen molar-refractivity contribution in [3.8, 4) is 0 Å². The maximum atomic E-state index is 12.0. The molecule has 23 heavy (non-hydrogen) atoms. The molecule has 0 bridgehead atoms. The van der Waals surface area contributed by atoms with E-state index in [9.17, 15) is 9.59 Å². The van der Waals surface area contributed by atoms with E-state index < -0.39 is 11.8 Å². The van der Waals surface area contributed by atoms with Gasteiger partial charge in [-0.1, -0.05) is 13.0 Å². The molecule has 2 heterocycles. The first-order valence-electron chi connectivity index (χ1n) is 8.07. The first kappa shape index (κ1) is 15.6. The van der Waals surface area contributed by atoms with Crippen LogP contribution in [0.1, 0.15) is 19.8 Å². The van der Waals surface area contributed by atoms with Crippen LogP contribution in [0.4, 0.5) is 5.69 Å². The molecule has 3 N–H and O–H groups in total. The lowest BCUT2D eigenvalue weighted by molar-refractivity contribution is -0.136. The molecule has 0 saturated carbocycles. The number of carbonyl (C=O) groups excluding carboxylic acids is 2. The Kier molecular flexibility index (Phi) is 4.62. The van der Waals surface area contributed by atoms with Crippen molar-refractivity contribution in [1.29, 1.82) is 0 Å². The van der Waals surface area contributed by atoms with E-state index in [0.29, 0.717) is 18.3 Å². The summed E-state index contributed by atoms with van der Waals surface area (Å²) in [4.78, 5) is 29.4. The number of hydrogen-bond acceptors (Lipinski definition) is 3. The fourth-order valence-corrected chi connectivity index (χ4v) is 3.15. The highest BCUT2D eigenvalue weighted by Crippen LogP contribution is 2.18. The number of carbonyl (C=O) groups is 2. The molecule has 1 atom stereocenters. The quantitative estimate of drug-likeness (QED) is 0.752. The van der Waals surface area contributed by atoms with Crippen molar-refractivity contribution >= 4 is 28.4 Å². The van der Waals surface area contributed by atoms with Gasteiger partial charge in [-0.15, -0.1) is 0 Å². The van der Waals surface area contributed by atoms with Gasteiger partial charge in [0, 0.05) is 30.0 Å². The minimum absolute atomic E-state index is 0.340. The number of likely N-dealkylation sites (N-methyl/N-ethyl adjacent to an activating group) is 1. The van der Waals surface area contributed by atoms with Gasteiger partial charge in [0.15, 0.2) is 0 Å². The van der Waals surface area contributed by atoms with Crippen LogP contribution >= 0.6 is 0 Å².